The summed E-state index contributed by atoms with van der Waals surface area (Å²) in [6, 6.07) is 6.35. The van der Waals surface area contributed by atoms with Gasteiger partial charge in [0.1, 0.15) is 5.75 Å². The summed E-state index contributed by atoms with van der Waals surface area (Å²) in [6.45, 7) is 9.01. The Kier molecular flexibility index (Phi) is 5.19. The van der Waals surface area contributed by atoms with Crippen molar-refractivity contribution in [3.05, 3.63) is 29.3 Å². The quantitative estimate of drug-likeness (QED) is 0.774. The molecule has 0 aliphatic heterocycles. The van der Waals surface area contributed by atoms with E-state index in [2.05, 4.69) is 44.3 Å². The van der Waals surface area contributed by atoms with Gasteiger partial charge in [0.2, 0.25) is 0 Å². The lowest BCUT2D eigenvalue weighted by Crippen LogP contribution is -2.13. The third-order valence-corrected chi connectivity index (χ3v) is 2.24. The Morgan fingerprint density at radius 3 is 2.73 bits per heavy atom. The average Bonchev–Trinajstić information content (AvgIpc) is 2.25. The molecule has 0 amide bonds. The van der Waals surface area contributed by atoms with Crippen LogP contribution in [-0.2, 0) is 6.54 Å². The van der Waals surface area contributed by atoms with Gasteiger partial charge in [-0.15, -0.1) is 0 Å². The third-order valence-electron chi connectivity index (χ3n) is 2.24. The molecule has 0 unspecified atom stereocenters. The van der Waals surface area contributed by atoms with Crippen LogP contribution in [0.4, 0.5) is 0 Å². The van der Waals surface area contributed by atoms with E-state index in [9.17, 15) is 0 Å². The summed E-state index contributed by atoms with van der Waals surface area (Å²) >= 11 is 0. The molecule has 0 saturated carbocycles. The molecule has 0 radical (unpaired) electrons. The largest absolute Gasteiger partial charge is 0.493 e. The second-order valence-electron chi connectivity index (χ2n) is 3.74. The Morgan fingerprint density at radius 1 is 1.27 bits per heavy atom. The van der Waals surface area contributed by atoms with Crippen LogP contribution >= 0.6 is 0 Å². The second-order valence-corrected chi connectivity index (χ2v) is 3.74. The molecular formula is C13H21NO. The number of hydrogen-bond acceptors (Lipinski definition) is 2. The van der Waals surface area contributed by atoms with E-state index in [0.717, 1.165) is 31.9 Å². The Bertz CT molecular complexity index is 297. The molecule has 0 heterocycles. The maximum Gasteiger partial charge on any atom is 0.123 e. The van der Waals surface area contributed by atoms with Crippen molar-refractivity contribution in [1.29, 1.82) is 0 Å². The molecule has 0 aliphatic carbocycles. The molecule has 0 spiro atoms. The SMILES string of the molecule is CCCOc1ccc(C)cc1CNCC. The number of nitrogens with one attached hydrogen (secondary N) is 1. The molecule has 84 valence electrons. The van der Waals surface area contributed by atoms with Crippen LogP contribution in [0.3, 0.4) is 0 Å². The fourth-order valence-corrected chi connectivity index (χ4v) is 1.46. The molecule has 15 heavy (non-hydrogen) atoms. The van der Waals surface area contributed by atoms with E-state index in [1.807, 2.05) is 0 Å². The predicted molar refractivity (Wildman–Crippen MR) is 64.3 cm³/mol. The van der Waals surface area contributed by atoms with Crippen molar-refractivity contribution in [2.45, 2.75) is 33.7 Å². The zero-order valence-electron chi connectivity index (χ0n) is 9.97. The average molecular weight is 207 g/mol. The van der Waals surface area contributed by atoms with Gasteiger partial charge in [-0.1, -0.05) is 31.5 Å². The van der Waals surface area contributed by atoms with Gasteiger partial charge in [-0.05, 0) is 26.0 Å². The molecular weight excluding hydrogens is 186 g/mol. The standard InChI is InChI=1S/C13H21NO/c1-4-8-15-13-7-6-11(3)9-12(13)10-14-5-2/h6-7,9,14H,4-5,8,10H2,1-3H3. The fourth-order valence-electron chi connectivity index (χ4n) is 1.46. The minimum atomic E-state index is 0.794. The Labute approximate surface area is 92.6 Å². The van der Waals surface area contributed by atoms with Crippen LogP contribution in [0.1, 0.15) is 31.4 Å². The number of hydrogen-bond donors (Lipinski definition) is 1. The smallest absolute Gasteiger partial charge is 0.123 e. The lowest BCUT2D eigenvalue weighted by molar-refractivity contribution is 0.313. The first kappa shape index (κ1) is 12.1. The number of benzene rings is 1. The Balaban J connectivity index is 2.73. The van der Waals surface area contributed by atoms with E-state index in [4.69, 9.17) is 4.74 Å². The van der Waals surface area contributed by atoms with Crippen molar-refractivity contribution in [2.24, 2.45) is 0 Å². The molecule has 0 saturated heterocycles. The highest BCUT2D eigenvalue weighted by Gasteiger charge is 2.02. The van der Waals surface area contributed by atoms with Gasteiger partial charge in [0.05, 0.1) is 6.61 Å². The second kappa shape index (κ2) is 6.46. The highest BCUT2D eigenvalue weighted by atomic mass is 16.5. The van der Waals surface area contributed by atoms with Gasteiger partial charge in [0.25, 0.3) is 0 Å². The van der Waals surface area contributed by atoms with Crippen LogP contribution in [0, 0.1) is 6.92 Å². The van der Waals surface area contributed by atoms with E-state index >= 15 is 0 Å². The lowest BCUT2D eigenvalue weighted by atomic mass is 10.1. The molecule has 1 rings (SSSR count). The maximum atomic E-state index is 5.70. The minimum absolute atomic E-state index is 0.794. The summed E-state index contributed by atoms with van der Waals surface area (Å²) in [6.07, 6.45) is 1.05. The van der Waals surface area contributed by atoms with Crippen molar-refractivity contribution in [1.82, 2.24) is 5.32 Å². The van der Waals surface area contributed by atoms with Crippen molar-refractivity contribution in [2.75, 3.05) is 13.2 Å². The van der Waals surface area contributed by atoms with Crippen LogP contribution < -0.4 is 10.1 Å². The van der Waals surface area contributed by atoms with Crippen LogP contribution in [0.15, 0.2) is 18.2 Å². The molecule has 2 nitrogen and oxygen atoms in total. The van der Waals surface area contributed by atoms with Crippen LogP contribution in [0.25, 0.3) is 0 Å². The van der Waals surface area contributed by atoms with Gasteiger partial charge in [-0.3, -0.25) is 0 Å². The van der Waals surface area contributed by atoms with Crippen molar-refractivity contribution >= 4 is 0 Å². The van der Waals surface area contributed by atoms with Gasteiger partial charge in [0, 0.05) is 12.1 Å². The zero-order valence-corrected chi connectivity index (χ0v) is 9.97. The summed E-state index contributed by atoms with van der Waals surface area (Å²) in [4.78, 5) is 0. The highest BCUT2D eigenvalue weighted by Crippen LogP contribution is 2.20. The molecule has 2 heteroatoms. The first-order chi connectivity index (χ1) is 7.27. The predicted octanol–water partition coefficient (Wildman–Crippen LogP) is 2.89. The molecule has 1 aromatic carbocycles. The molecule has 1 aromatic rings. The van der Waals surface area contributed by atoms with Crippen molar-refractivity contribution < 1.29 is 4.74 Å². The Hall–Kier alpha value is -1.02. The zero-order chi connectivity index (χ0) is 11.1. The number of rotatable bonds is 6. The number of aryl methyl sites for hydroxylation is 1. The summed E-state index contributed by atoms with van der Waals surface area (Å²) < 4.78 is 5.70. The normalized spacial score (nSPS) is 10.3. The van der Waals surface area contributed by atoms with E-state index in [0.29, 0.717) is 0 Å². The van der Waals surface area contributed by atoms with Gasteiger partial charge >= 0.3 is 0 Å². The molecule has 0 atom stereocenters. The highest BCUT2D eigenvalue weighted by molar-refractivity contribution is 5.36. The van der Waals surface area contributed by atoms with Crippen LogP contribution in [-0.4, -0.2) is 13.2 Å². The van der Waals surface area contributed by atoms with Gasteiger partial charge in [-0.2, -0.15) is 0 Å². The molecule has 0 bridgehead atoms. The third kappa shape index (κ3) is 3.92. The topological polar surface area (TPSA) is 21.3 Å². The van der Waals surface area contributed by atoms with E-state index in [1.165, 1.54) is 11.1 Å². The molecule has 0 aliphatic rings. The maximum absolute atomic E-state index is 5.70. The summed E-state index contributed by atoms with van der Waals surface area (Å²) in [7, 11) is 0. The van der Waals surface area contributed by atoms with Gasteiger partial charge in [-0.25, -0.2) is 0 Å². The first-order valence-electron chi connectivity index (χ1n) is 5.71. The van der Waals surface area contributed by atoms with E-state index < -0.39 is 0 Å². The molecule has 1 N–H and O–H groups in total. The number of ether oxygens (including phenoxy) is 1. The van der Waals surface area contributed by atoms with Crippen molar-refractivity contribution in [3.63, 3.8) is 0 Å². The summed E-state index contributed by atoms with van der Waals surface area (Å²) in [5, 5.41) is 3.33. The van der Waals surface area contributed by atoms with Crippen molar-refractivity contribution in [3.8, 4) is 5.75 Å². The molecule has 0 aromatic heterocycles. The molecule has 0 fully saturated rings. The van der Waals surface area contributed by atoms with Gasteiger partial charge < -0.3 is 10.1 Å². The summed E-state index contributed by atoms with van der Waals surface area (Å²) in [5.41, 5.74) is 2.54. The Morgan fingerprint density at radius 2 is 2.07 bits per heavy atom. The summed E-state index contributed by atoms with van der Waals surface area (Å²) in [5.74, 6) is 1.02. The minimum Gasteiger partial charge on any atom is -0.493 e. The lowest BCUT2D eigenvalue weighted by Gasteiger charge is -2.12. The van der Waals surface area contributed by atoms with E-state index in [1.54, 1.807) is 0 Å². The van der Waals surface area contributed by atoms with Crippen LogP contribution in [0.5, 0.6) is 5.75 Å². The monoisotopic (exact) mass is 207 g/mol. The van der Waals surface area contributed by atoms with Crippen LogP contribution in [0.2, 0.25) is 0 Å². The fraction of sp³-hybridized carbons (Fsp3) is 0.538. The van der Waals surface area contributed by atoms with E-state index in [-0.39, 0.29) is 0 Å². The first-order valence-corrected chi connectivity index (χ1v) is 5.71. The van der Waals surface area contributed by atoms with Gasteiger partial charge in [0.15, 0.2) is 0 Å².